The van der Waals surface area contributed by atoms with E-state index in [4.69, 9.17) is 0 Å². The van der Waals surface area contributed by atoms with E-state index < -0.39 is 10.0 Å². The lowest BCUT2D eigenvalue weighted by Gasteiger charge is -2.30. The van der Waals surface area contributed by atoms with Crippen molar-refractivity contribution < 1.29 is 13.2 Å². The van der Waals surface area contributed by atoms with Gasteiger partial charge >= 0.3 is 0 Å². The highest BCUT2D eigenvalue weighted by Crippen LogP contribution is 2.34. The summed E-state index contributed by atoms with van der Waals surface area (Å²) in [6.07, 6.45) is 2.03. The number of carbonyl (C=O) groups is 1. The van der Waals surface area contributed by atoms with Gasteiger partial charge in [-0.3, -0.25) is 9.52 Å². The molecule has 0 bridgehead atoms. The SMILES string of the molecule is Cc1nc(-c2cc(S(=O)(=O)Nc3ccccc3)c(C)n2C)sc1C(=O)N1CCC(C)CC1. The maximum absolute atomic E-state index is 13.1. The van der Waals surface area contributed by atoms with Gasteiger partial charge in [-0.1, -0.05) is 25.1 Å². The van der Waals surface area contributed by atoms with Crippen LogP contribution in [0.3, 0.4) is 0 Å². The lowest BCUT2D eigenvalue weighted by Crippen LogP contribution is -2.37. The predicted molar refractivity (Wildman–Crippen MR) is 128 cm³/mol. The van der Waals surface area contributed by atoms with E-state index in [9.17, 15) is 13.2 Å². The van der Waals surface area contributed by atoms with Gasteiger partial charge in [0.15, 0.2) is 0 Å². The zero-order valence-corrected chi connectivity index (χ0v) is 20.4. The second-order valence-corrected chi connectivity index (χ2v) is 11.1. The van der Waals surface area contributed by atoms with Crippen molar-refractivity contribution in [2.75, 3.05) is 17.8 Å². The van der Waals surface area contributed by atoms with Crippen LogP contribution < -0.4 is 4.72 Å². The largest absolute Gasteiger partial charge is 0.345 e. The summed E-state index contributed by atoms with van der Waals surface area (Å²) in [6.45, 7) is 7.36. The fraction of sp³-hybridized carbons (Fsp3) is 0.391. The number of anilines is 1. The van der Waals surface area contributed by atoms with Crippen LogP contribution in [0.2, 0.25) is 0 Å². The second kappa shape index (κ2) is 8.71. The van der Waals surface area contributed by atoms with Crippen molar-refractivity contribution in [2.45, 2.75) is 38.5 Å². The highest BCUT2D eigenvalue weighted by Gasteiger charge is 2.28. The van der Waals surface area contributed by atoms with Crippen molar-refractivity contribution in [3.05, 3.63) is 52.7 Å². The minimum Gasteiger partial charge on any atom is -0.345 e. The highest BCUT2D eigenvalue weighted by atomic mass is 32.2. The second-order valence-electron chi connectivity index (χ2n) is 8.42. The van der Waals surface area contributed by atoms with Crippen LogP contribution in [-0.2, 0) is 17.1 Å². The molecule has 0 spiro atoms. The summed E-state index contributed by atoms with van der Waals surface area (Å²) in [6, 6.07) is 10.4. The molecule has 0 aliphatic carbocycles. The van der Waals surface area contributed by atoms with Crippen LogP contribution in [0, 0.1) is 19.8 Å². The molecule has 1 aromatic carbocycles. The third-order valence-electron chi connectivity index (χ3n) is 6.09. The standard InChI is InChI=1S/C23H28N4O3S2/c1-15-10-12-27(13-11-15)23(28)21-16(2)24-22(31-21)19-14-20(17(3)26(19)4)32(29,30)25-18-8-6-5-7-9-18/h5-9,14-15,25H,10-13H2,1-4H3. The van der Waals surface area contributed by atoms with Gasteiger partial charge in [0.1, 0.15) is 14.8 Å². The molecule has 7 nitrogen and oxygen atoms in total. The average Bonchev–Trinajstić information content (AvgIpc) is 3.29. The molecule has 3 heterocycles. The Bertz CT molecular complexity index is 1240. The number of thiazole rings is 1. The van der Waals surface area contributed by atoms with Gasteiger partial charge in [0.25, 0.3) is 15.9 Å². The van der Waals surface area contributed by atoms with Crippen LogP contribution >= 0.6 is 11.3 Å². The number of amides is 1. The van der Waals surface area contributed by atoms with E-state index in [0.29, 0.717) is 38.6 Å². The van der Waals surface area contributed by atoms with E-state index in [1.54, 1.807) is 37.3 Å². The number of hydrogen-bond acceptors (Lipinski definition) is 5. The van der Waals surface area contributed by atoms with E-state index in [2.05, 4.69) is 16.6 Å². The number of para-hydroxylation sites is 1. The van der Waals surface area contributed by atoms with Crippen LogP contribution in [-0.4, -0.2) is 41.9 Å². The molecule has 1 fully saturated rings. The van der Waals surface area contributed by atoms with Gasteiger partial charge in [-0.25, -0.2) is 13.4 Å². The Morgan fingerprint density at radius 3 is 2.47 bits per heavy atom. The number of nitrogens with one attached hydrogen (secondary N) is 1. The number of nitrogens with zero attached hydrogens (tertiary/aromatic N) is 3. The van der Waals surface area contributed by atoms with E-state index in [-0.39, 0.29) is 10.8 Å². The Labute approximate surface area is 193 Å². The van der Waals surface area contributed by atoms with Crippen molar-refractivity contribution in [1.29, 1.82) is 0 Å². The average molecular weight is 473 g/mol. The van der Waals surface area contributed by atoms with Gasteiger partial charge in [0.2, 0.25) is 0 Å². The van der Waals surface area contributed by atoms with Gasteiger partial charge < -0.3 is 9.47 Å². The van der Waals surface area contributed by atoms with Crippen molar-refractivity contribution in [2.24, 2.45) is 13.0 Å². The first kappa shape index (κ1) is 22.5. The molecule has 1 amide bonds. The number of aryl methyl sites for hydroxylation is 1. The molecule has 4 rings (SSSR count). The maximum atomic E-state index is 13.1. The van der Waals surface area contributed by atoms with E-state index in [0.717, 1.165) is 25.9 Å². The van der Waals surface area contributed by atoms with E-state index in [1.807, 2.05) is 29.5 Å². The fourth-order valence-corrected chi connectivity index (χ4v) is 6.36. The summed E-state index contributed by atoms with van der Waals surface area (Å²) in [5.74, 6) is 0.663. The van der Waals surface area contributed by atoms with Crippen LogP contribution in [0.4, 0.5) is 5.69 Å². The highest BCUT2D eigenvalue weighted by molar-refractivity contribution is 7.92. The summed E-state index contributed by atoms with van der Waals surface area (Å²) in [7, 11) is -1.95. The number of benzene rings is 1. The Kier molecular flexibility index (Phi) is 6.13. The number of likely N-dealkylation sites (tertiary alicyclic amines) is 1. The zero-order chi connectivity index (χ0) is 23.0. The van der Waals surface area contributed by atoms with Crippen molar-refractivity contribution >= 4 is 33.0 Å². The first-order chi connectivity index (χ1) is 15.2. The molecule has 1 aliphatic rings. The monoisotopic (exact) mass is 472 g/mol. The normalized spacial score (nSPS) is 15.2. The number of carbonyl (C=O) groups excluding carboxylic acids is 1. The number of piperidine rings is 1. The first-order valence-electron chi connectivity index (χ1n) is 10.7. The topological polar surface area (TPSA) is 84.3 Å². The van der Waals surface area contributed by atoms with E-state index >= 15 is 0 Å². The van der Waals surface area contributed by atoms with Gasteiger partial charge in [-0.15, -0.1) is 11.3 Å². The molecule has 0 atom stereocenters. The number of aromatic nitrogens is 2. The lowest BCUT2D eigenvalue weighted by molar-refractivity contribution is 0.0701. The minimum absolute atomic E-state index is 0.0164. The molecule has 1 aliphatic heterocycles. The summed E-state index contributed by atoms with van der Waals surface area (Å²) < 4.78 is 30.5. The van der Waals surface area contributed by atoms with Gasteiger partial charge in [-0.05, 0) is 50.8 Å². The Balaban J connectivity index is 1.64. The molecule has 32 heavy (non-hydrogen) atoms. The van der Waals surface area contributed by atoms with Crippen molar-refractivity contribution in [1.82, 2.24) is 14.5 Å². The van der Waals surface area contributed by atoms with Crippen LogP contribution in [0.1, 0.15) is 40.8 Å². The molecule has 9 heteroatoms. The molecule has 1 N–H and O–H groups in total. The van der Waals surface area contributed by atoms with Crippen LogP contribution in [0.25, 0.3) is 10.7 Å². The zero-order valence-electron chi connectivity index (χ0n) is 18.8. The molecule has 170 valence electrons. The Morgan fingerprint density at radius 2 is 1.81 bits per heavy atom. The summed E-state index contributed by atoms with van der Waals surface area (Å²) in [5.41, 5.74) is 2.47. The number of hydrogen-bond donors (Lipinski definition) is 1. The molecule has 0 unspecified atom stereocenters. The fourth-order valence-electron chi connectivity index (χ4n) is 3.92. The molecular weight excluding hydrogens is 444 g/mol. The van der Waals surface area contributed by atoms with Crippen molar-refractivity contribution in [3.8, 4) is 10.7 Å². The van der Waals surface area contributed by atoms with Gasteiger partial charge in [-0.2, -0.15) is 0 Å². The van der Waals surface area contributed by atoms with Crippen LogP contribution in [0.15, 0.2) is 41.3 Å². The summed E-state index contributed by atoms with van der Waals surface area (Å²) in [5, 5.41) is 0.642. The summed E-state index contributed by atoms with van der Waals surface area (Å²) in [4.78, 5) is 20.4. The van der Waals surface area contributed by atoms with Gasteiger partial charge in [0, 0.05) is 31.5 Å². The third-order valence-corrected chi connectivity index (χ3v) is 8.75. The quantitative estimate of drug-likeness (QED) is 0.595. The predicted octanol–water partition coefficient (Wildman–Crippen LogP) is 4.44. The molecule has 2 aromatic heterocycles. The first-order valence-corrected chi connectivity index (χ1v) is 13.0. The third kappa shape index (κ3) is 4.31. The molecule has 0 saturated carbocycles. The van der Waals surface area contributed by atoms with Gasteiger partial charge in [0.05, 0.1) is 11.4 Å². The smallest absolute Gasteiger partial charge is 0.265 e. The molecular formula is C23H28N4O3S2. The molecule has 3 aromatic rings. The molecule has 0 radical (unpaired) electrons. The van der Waals surface area contributed by atoms with Crippen molar-refractivity contribution in [3.63, 3.8) is 0 Å². The lowest BCUT2D eigenvalue weighted by atomic mass is 9.99. The van der Waals surface area contributed by atoms with E-state index in [1.165, 1.54) is 11.3 Å². The Hall–Kier alpha value is -2.65. The number of sulfonamides is 1. The Morgan fingerprint density at radius 1 is 1.16 bits per heavy atom. The minimum atomic E-state index is -3.76. The summed E-state index contributed by atoms with van der Waals surface area (Å²) >= 11 is 1.33. The number of rotatable bonds is 5. The maximum Gasteiger partial charge on any atom is 0.265 e. The van der Waals surface area contributed by atoms with Crippen LogP contribution in [0.5, 0.6) is 0 Å². The molecule has 1 saturated heterocycles.